The molecule has 1 aromatic heterocycles. The lowest BCUT2D eigenvalue weighted by molar-refractivity contribution is -0.129. The molecule has 4 fully saturated rings. The van der Waals surface area contributed by atoms with Gasteiger partial charge in [0.1, 0.15) is 5.82 Å². The summed E-state index contributed by atoms with van der Waals surface area (Å²) < 4.78 is 0. The number of hydrogen-bond acceptors (Lipinski definition) is 2. The van der Waals surface area contributed by atoms with Crippen LogP contribution in [0.3, 0.4) is 0 Å². The van der Waals surface area contributed by atoms with E-state index in [-0.39, 0.29) is 6.10 Å². The number of aromatic amines is 1. The third-order valence-corrected chi connectivity index (χ3v) is 11.9. The van der Waals surface area contributed by atoms with Crippen LogP contribution in [-0.2, 0) is 6.42 Å². The van der Waals surface area contributed by atoms with E-state index in [2.05, 4.69) is 50.9 Å². The van der Waals surface area contributed by atoms with Crippen LogP contribution in [0, 0.1) is 53.3 Å². The number of nitrogens with zero attached hydrogens (tertiary/aromatic N) is 1. The molecule has 2 aromatic rings. The van der Waals surface area contributed by atoms with Crippen molar-refractivity contribution in [3.8, 4) is 0 Å². The van der Waals surface area contributed by atoms with E-state index >= 15 is 0 Å². The molecular formula is C31H46N2O. The van der Waals surface area contributed by atoms with E-state index in [0.717, 1.165) is 60.3 Å². The minimum absolute atomic E-state index is 0.0315. The van der Waals surface area contributed by atoms with Crippen LogP contribution in [0.25, 0.3) is 11.0 Å². The summed E-state index contributed by atoms with van der Waals surface area (Å²) in [5.74, 6) is 6.34. The molecule has 0 unspecified atom stereocenters. The van der Waals surface area contributed by atoms with Gasteiger partial charge in [0.25, 0.3) is 0 Å². The van der Waals surface area contributed by atoms with Crippen molar-refractivity contribution in [1.82, 2.24) is 9.97 Å². The smallest absolute Gasteiger partial charge is 0.107 e. The Balaban J connectivity index is 1.15. The zero-order chi connectivity index (χ0) is 23.7. The van der Waals surface area contributed by atoms with E-state index in [0.29, 0.717) is 10.8 Å². The first-order chi connectivity index (χ1) is 16.3. The van der Waals surface area contributed by atoms with E-state index < -0.39 is 0 Å². The number of fused-ring (bicyclic) bond motifs is 6. The number of aromatic nitrogens is 2. The molecule has 9 atom stereocenters. The maximum absolute atomic E-state index is 10.3. The highest BCUT2D eigenvalue weighted by Gasteiger charge is 2.60. The molecule has 3 nitrogen and oxygen atoms in total. The van der Waals surface area contributed by atoms with Gasteiger partial charge in [-0.3, -0.25) is 0 Å². The van der Waals surface area contributed by atoms with Gasteiger partial charge in [-0.2, -0.15) is 0 Å². The van der Waals surface area contributed by atoms with Gasteiger partial charge in [-0.05, 0) is 135 Å². The summed E-state index contributed by atoms with van der Waals surface area (Å²) >= 11 is 0. The quantitative estimate of drug-likeness (QED) is 0.495. The molecule has 0 amide bonds. The Morgan fingerprint density at radius 3 is 2.68 bits per heavy atom. The Labute approximate surface area is 206 Å². The van der Waals surface area contributed by atoms with Gasteiger partial charge in [0.15, 0.2) is 0 Å². The highest BCUT2D eigenvalue weighted by molar-refractivity contribution is 5.75. The van der Waals surface area contributed by atoms with Gasteiger partial charge in [0, 0.05) is 6.42 Å². The second-order valence-corrected chi connectivity index (χ2v) is 13.5. The van der Waals surface area contributed by atoms with Crippen LogP contribution in [0.1, 0.15) is 96.4 Å². The highest BCUT2D eigenvalue weighted by atomic mass is 16.3. The fourth-order valence-corrected chi connectivity index (χ4v) is 10.1. The first-order valence-corrected chi connectivity index (χ1v) is 14.4. The zero-order valence-electron chi connectivity index (χ0n) is 21.9. The molecule has 34 heavy (non-hydrogen) atoms. The SMILES string of the molecule is Cc1ccc2nc(CC[C@H](C)[C@H]3CC[C@H]4[C@@H]5CC[C@@H]6C[C@@H](O)CC[C@]6(C)[C@H]5CC[C@]34C)[nH]c2c1. The van der Waals surface area contributed by atoms with Gasteiger partial charge in [0.2, 0.25) is 0 Å². The average molecular weight is 463 g/mol. The Bertz CT molecular complexity index is 1040. The van der Waals surface area contributed by atoms with Crippen LogP contribution >= 0.6 is 0 Å². The second-order valence-electron chi connectivity index (χ2n) is 13.5. The molecule has 1 aromatic carbocycles. The van der Waals surface area contributed by atoms with Crippen molar-refractivity contribution in [2.24, 2.45) is 46.3 Å². The van der Waals surface area contributed by atoms with Gasteiger partial charge in [-0.15, -0.1) is 0 Å². The number of rotatable bonds is 4. The first-order valence-electron chi connectivity index (χ1n) is 14.4. The van der Waals surface area contributed by atoms with E-state index in [1.165, 1.54) is 68.3 Å². The van der Waals surface area contributed by atoms with Crippen molar-refractivity contribution in [2.75, 3.05) is 0 Å². The van der Waals surface area contributed by atoms with Crippen LogP contribution in [-0.4, -0.2) is 21.2 Å². The largest absolute Gasteiger partial charge is 0.393 e. The number of nitrogens with one attached hydrogen (secondary N) is 1. The lowest BCUT2D eigenvalue weighted by Crippen LogP contribution is -2.54. The molecule has 1 heterocycles. The lowest BCUT2D eigenvalue weighted by atomic mass is 9.44. The number of aliphatic hydroxyl groups excluding tert-OH is 1. The predicted octanol–water partition coefficient (Wildman–Crippen LogP) is 7.46. The predicted molar refractivity (Wildman–Crippen MR) is 140 cm³/mol. The molecule has 186 valence electrons. The molecule has 3 heteroatoms. The number of H-pyrrole nitrogens is 1. The summed E-state index contributed by atoms with van der Waals surface area (Å²) in [5, 5.41) is 10.3. The summed E-state index contributed by atoms with van der Waals surface area (Å²) in [5.41, 5.74) is 4.62. The molecule has 0 spiro atoms. The van der Waals surface area contributed by atoms with Crippen molar-refractivity contribution in [2.45, 2.75) is 104 Å². The van der Waals surface area contributed by atoms with Crippen LogP contribution in [0.2, 0.25) is 0 Å². The topological polar surface area (TPSA) is 48.9 Å². The molecule has 0 radical (unpaired) electrons. The fourth-order valence-electron chi connectivity index (χ4n) is 10.1. The third kappa shape index (κ3) is 3.59. The van der Waals surface area contributed by atoms with Crippen molar-refractivity contribution >= 4 is 11.0 Å². The minimum atomic E-state index is -0.0315. The highest BCUT2D eigenvalue weighted by Crippen LogP contribution is 2.68. The standard InChI is InChI=1S/C31H46N2O/c1-19-5-11-27-28(17-19)33-29(32-27)12-6-20(2)24-9-10-25-23-8-7-21-18-22(34)13-15-30(21,3)26(23)14-16-31(24,25)4/h5,11,17,20-26,34H,6-10,12-16,18H2,1-4H3,(H,32,33)/t20-,21+,22-,23-,24+,25-,26-,30-,31+/m0/s1. The maximum Gasteiger partial charge on any atom is 0.107 e. The maximum atomic E-state index is 10.3. The molecule has 0 aliphatic heterocycles. The van der Waals surface area contributed by atoms with Crippen molar-refractivity contribution in [3.63, 3.8) is 0 Å². The van der Waals surface area contributed by atoms with Crippen LogP contribution in [0.5, 0.6) is 0 Å². The molecule has 6 rings (SSSR count). The van der Waals surface area contributed by atoms with Gasteiger partial charge in [0.05, 0.1) is 17.1 Å². The van der Waals surface area contributed by atoms with Crippen molar-refractivity contribution in [1.29, 1.82) is 0 Å². The van der Waals surface area contributed by atoms with Crippen LogP contribution < -0.4 is 0 Å². The Morgan fingerprint density at radius 2 is 1.82 bits per heavy atom. The van der Waals surface area contributed by atoms with Gasteiger partial charge in [-0.25, -0.2) is 4.98 Å². The summed E-state index contributed by atoms with van der Waals surface area (Å²) in [7, 11) is 0. The van der Waals surface area contributed by atoms with Gasteiger partial charge in [-0.1, -0.05) is 26.8 Å². The van der Waals surface area contributed by atoms with Crippen LogP contribution in [0.15, 0.2) is 18.2 Å². The number of benzene rings is 1. The molecule has 4 aliphatic rings. The molecule has 2 N–H and O–H groups in total. The lowest BCUT2D eigenvalue weighted by Gasteiger charge is -2.61. The average Bonchev–Trinajstić information content (AvgIpc) is 3.37. The molecular weight excluding hydrogens is 416 g/mol. The Kier molecular flexibility index (Phi) is 5.67. The first kappa shape index (κ1) is 23.1. The molecule has 0 bridgehead atoms. The Morgan fingerprint density at radius 1 is 1.03 bits per heavy atom. The van der Waals surface area contributed by atoms with Crippen LogP contribution in [0.4, 0.5) is 0 Å². The number of hydrogen-bond donors (Lipinski definition) is 2. The number of imidazole rings is 1. The van der Waals surface area contributed by atoms with E-state index in [1.807, 2.05) is 0 Å². The molecule has 4 aliphatic carbocycles. The normalized spacial score (nSPS) is 42.7. The van der Waals surface area contributed by atoms with Crippen molar-refractivity contribution in [3.05, 3.63) is 29.6 Å². The van der Waals surface area contributed by atoms with E-state index in [1.54, 1.807) is 0 Å². The third-order valence-electron chi connectivity index (χ3n) is 11.9. The van der Waals surface area contributed by atoms with E-state index in [4.69, 9.17) is 4.98 Å². The zero-order valence-corrected chi connectivity index (χ0v) is 21.9. The summed E-state index contributed by atoms with van der Waals surface area (Å²) in [6, 6.07) is 6.53. The van der Waals surface area contributed by atoms with Gasteiger partial charge < -0.3 is 10.1 Å². The van der Waals surface area contributed by atoms with Crippen molar-refractivity contribution < 1.29 is 5.11 Å². The number of aliphatic hydroxyl groups is 1. The molecule has 4 saturated carbocycles. The summed E-state index contributed by atoms with van der Waals surface area (Å²) in [6.45, 7) is 9.99. The minimum Gasteiger partial charge on any atom is -0.393 e. The monoisotopic (exact) mass is 462 g/mol. The summed E-state index contributed by atoms with van der Waals surface area (Å²) in [6.07, 6.45) is 14.2. The second kappa shape index (κ2) is 8.36. The molecule has 0 saturated heterocycles. The van der Waals surface area contributed by atoms with E-state index in [9.17, 15) is 5.11 Å². The van der Waals surface area contributed by atoms with Gasteiger partial charge >= 0.3 is 0 Å². The fraction of sp³-hybridized carbons (Fsp3) is 0.774. The Hall–Kier alpha value is -1.35. The number of aryl methyl sites for hydroxylation is 2. The summed E-state index contributed by atoms with van der Waals surface area (Å²) in [4.78, 5) is 8.47.